The Labute approximate surface area is 131 Å². The predicted molar refractivity (Wildman–Crippen MR) is 82.2 cm³/mol. The minimum absolute atomic E-state index is 0.0283. The van der Waals surface area contributed by atoms with Gasteiger partial charge in [0, 0.05) is 23.3 Å². The smallest absolute Gasteiger partial charge is 0.269 e. The molecule has 0 amide bonds. The topological polar surface area (TPSA) is 108 Å². The van der Waals surface area contributed by atoms with E-state index in [9.17, 15) is 14.9 Å². The summed E-state index contributed by atoms with van der Waals surface area (Å²) in [5, 5.41) is 28.0. The maximum absolute atomic E-state index is 12.3. The van der Waals surface area contributed by atoms with Crippen molar-refractivity contribution in [2.24, 2.45) is 0 Å². The summed E-state index contributed by atoms with van der Waals surface area (Å²) in [4.78, 5) is 22.3. The predicted octanol–water partition coefficient (Wildman–Crippen LogP) is 3.26. The van der Waals surface area contributed by atoms with Crippen LogP contribution in [0, 0.1) is 32.8 Å². The van der Waals surface area contributed by atoms with Gasteiger partial charge in [0.05, 0.1) is 4.92 Å². The minimum Gasteiger partial charge on any atom is -0.289 e. The lowest BCUT2D eigenvalue weighted by Gasteiger charge is -2.02. The second-order valence-electron chi connectivity index (χ2n) is 4.54. The number of carbonyl (C=O) groups excluding carboxylic acids is 1. The average Bonchev–Trinajstić information content (AvgIpc) is 2.59. The molecule has 0 N–H and O–H groups in total. The Balaban J connectivity index is 2.24. The van der Waals surface area contributed by atoms with Gasteiger partial charge in [0.1, 0.15) is 17.7 Å². The number of hydrogen-bond acceptors (Lipinski definition) is 5. The number of nitro benzene ring substituents is 1. The number of non-ortho nitro benzene ring substituents is 1. The summed E-state index contributed by atoms with van der Waals surface area (Å²) in [5.41, 5.74) is 1.27. The third-order valence-corrected chi connectivity index (χ3v) is 3.07. The summed E-state index contributed by atoms with van der Waals surface area (Å²) in [6.07, 6.45) is 1.42. The third kappa shape index (κ3) is 3.66. The van der Waals surface area contributed by atoms with Crippen LogP contribution in [0.15, 0.2) is 54.1 Å². The Kier molecular flexibility index (Phi) is 4.61. The Bertz CT molecular complexity index is 851. The lowest BCUT2D eigenvalue weighted by Crippen LogP contribution is -2.01. The molecule has 0 atom stereocenters. The molecular weight excluding hydrogens is 294 g/mol. The van der Waals surface area contributed by atoms with Crippen LogP contribution in [-0.2, 0) is 0 Å². The molecule has 110 valence electrons. The van der Waals surface area contributed by atoms with Crippen LogP contribution in [0.4, 0.5) is 5.69 Å². The van der Waals surface area contributed by atoms with Gasteiger partial charge >= 0.3 is 0 Å². The van der Waals surface area contributed by atoms with Gasteiger partial charge < -0.3 is 0 Å². The van der Waals surface area contributed by atoms with Gasteiger partial charge in [-0.2, -0.15) is 10.5 Å². The lowest BCUT2D eigenvalue weighted by atomic mass is 10.0. The summed E-state index contributed by atoms with van der Waals surface area (Å²) < 4.78 is 0. The van der Waals surface area contributed by atoms with Crippen molar-refractivity contribution in [3.8, 4) is 12.1 Å². The highest BCUT2D eigenvalue weighted by molar-refractivity contribution is 6.09. The van der Waals surface area contributed by atoms with Crippen molar-refractivity contribution in [2.45, 2.75) is 0 Å². The fraction of sp³-hybridized carbons (Fsp3) is 0. The van der Waals surface area contributed by atoms with Crippen molar-refractivity contribution in [3.05, 3.63) is 80.9 Å². The normalized spacial score (nSPS) is 9.30. The first-order valence-corrected chi connectivity index (χ1v) is 6.46. The molecule has 2 aromatic carbocycles. The first kappa shape index (κ1) is 15.6. The largest absolute Gasteiger partial charge is 0.289 e. The van der Waals surface area contributed by atoms with E-state index in [1.54, 1.807) is 36.4 Å². The Hall–Kier alpha value is -3.77. The molecule has 6 nitrogen and oxygen atoms in total. The molecule has 0 aliphatic heterocycles. The van der Waals surface area contributed by atoms with Gasteiger partial charge in [0.2, 0.25) is 0 Å². The molecule has 0 aliphatic carbocycles. The van der Waals surface area contributed by atoms with Crippen molar-refractivity contribution >= 4 is 17.5 Å². The molecule has 0 aliphatic rings. The number of nitro groups is 1. The van der Waals surface area contributed by atoms with Crippen molar-refractivity contribution in [3.63, 3.8) is 0 Å². The molecular formula is C17H9N3O3. The number of ketones is 1. The van der Waals surface area contributed by atoms with Gasteiger partial charge in [-0.15, -0.1) is 0 Å². The van der Waals surface area contributed by atoms with Gasteiger partial charge in [-0.25, -0.2) is 0 Å². The van der Waals surface area contributed by atoms with Crippen LogP contribution >= 0.6 is 0 Å². The molecule has 2 aromatic rings. The van der Waals surface area contributed by atoms with Crippen LogP contribution in [0.5, 0.6) is 0 Å². The molecule has 0 saturated heterocycles. The molecule has 0 bridgehead atoms. The van der Waals surface area contributed by atoms with Crippen molar-refractivity contribution in [2.75, 3.05) is 0 Å². The number of carbonyl (C=O) groups is 1. The van der Waals surface area contributed by atoms with E-state index in [1.165, 1.54) is 30.3 Å². The standard InChI is InChI=1S/C17H9N3O3/c18-10-13(11-19)9-12-1-3-14(4-2-12)17(21)15-5-7-16(8-6-15)20(22)23/h1-9H. The van der Waals surface area contributed by atoms with Crippen LogP contribution in [0.1, 0.15) is 21.5 Å². The van der Waals surface area contributed by atoms with E-state index in [0.29, 0.717) is 16.7 Å². The summed E-state index contributed by atoms with van der Waals surface area (Å²) in [6, 6.07) is 15.2. The van der Waals surface area contributed by atoms with E-state index >= 15 is 0 Å². The summed E-state index contributed by atoms with van der Waals surface area (Å²) >= 11 is 0. The maximum atomic E-state index is 12.3. The summed E-state index contributed by atoms with van der Waals surface area (Å²) in [5.74, 6) is -0.267. The van der Waals surface area contributed by atoms with Crippen LogP contribution < -0.4 is 0 Å². The van der Waals surface area contributed by atoms with E-state index in [0.717, 1.165) is 0 Å². The van der Waals surface area contributed by atoms with Gasteiger partial charge in [-0.3, -0.25) is 14.9 Å². The molecule has 0 fully saturated rings. The fourth-order valence-electron chi connectivity index (χ4n) is 1.89. The molecule has 6 heteroatoms. The second kappa shape index (κ2) is 6.79. The van der Waals surface area contributed by atoms with E-state index in [1.807, 2.05) is 0 Å². The number of nitrogens with zero attached hydrogens (tertiary/aromatic N) is 3. The van der Waals surface area contributed by atoms with E-state index < -0.39 is 4.92 Å². The molecule has 0 saturated carbocycles. The van der Waals surface area contributed by atoms with Crippen LogP contribution in [0.2, 0.25) is 0 Å². The molecule has 23 heavy (non-hydrogen) atoms. The second-order valence-corrected chi connectivity index (χ2v) is 4.54. The zero-order chi connectivity index (χ0) is 16.8. The van der Waals surface area contributed by atoms with Crippen LogP contribution in [0.25, 0.3) is 6.08 Å². The van der Waals surface area contributed by atoms with Crippen LogP contribution in [0.3, 0.4) is 0 Å². The zero-order valence-corrected chi connectivity index (χ0v) is 11.8. The van der Waals surface area contributed by atoms with Gasteiger partial charge in [-0.05, 0) is 23.8 Å². The van der Waals surface area contributed by atoms with E-state index in [-0.39, 0.29) is 17.0 Å². The van der Waals surface area contributed by atoms with Crippen molar-refractivity contribution < 1.29 is 9.72 Å². The van der Waals surface area contributed by atoms with Crippen molar-refractivity contribution in [1.82, 2.24) is 0 Å². The van der Waals surface area contributed by atoms with Gasteiger partial charge in [0.15, 0.2) is 5.78 Å². The quantitative estimate of drug-likeness (QED) is 0.373. The Morgan fingerprint density at radius 3 is 1.87 bits per heavy atom. The van der Waals surface area contributed by atoms with Crippen molar-refractivity contribution in [1.29, 1.82) is 10.5 Å². The highest BCUT2D eigenvalue weighted by Crippen LogP contribution is 2.16. The number of hydrogen-bond donors (Lipinski definition) is 0. The minimum atomic E-state index is -0.530. The number of nitriles is 2. The zero-order valence-electron chi connectivity index (χ0n) is 11.8. The SMILES string of the molecule is N#CC(C#N)=Cc1ccc(C(=O)c2ccc([N+](=O)[O-])cc2)cc1. The molecule has 0 spiro atoms. The monoisotopic (exact) mass is 303 g/mol. The maximum Gasteiger partial charge on any atom is 0.269 e. The lowest BCUT2D eigenvalue weighted by molar-refractivity contribution is -0.384. The first-order chi connectivity index (χ1) is 11.0. The molecule has 0 heterocycles. The summed E-state index contributed by atoms with van der Waals surface area (Å²) in [7, 11) is 0. The van der Waals surface area contributed by atoms with E-state index in [2.05, 4.69) is 0 Å². The number of benzene rings is 2. The number of rotatable bonds is 4. The average molecular weight is 303 g/mol. The first-order valence-electron chi connectivity index (χ1n) is 6.46. The highest BCUT2D eigenvalue weighted by Gasteiger charge is 2.11. The van der Waals surface area contributed by atoms with Gasteiger partial charge in [0.25, 0.3) is 5.69 Å². The summed E-state index contributed by atoms with van der Waals surface area (Å²) in [6.45, 7) is 0. The molecule has 0 aromatic heterocycles. The third-order valence-electron chi connectivity index (χ3n) is 3.07. The van der Waals surface area contributed by atoms with Crippen LogP contribution in [-0.4, -0.2) is 10.7 Å². The number of allylic oxidation sites excluding steroid dienone is 1. The molecule has 0 unspecified atom stereocenters. The fourth-order valence-corrected chi connectivity index (χ4v) is 1.89. The van der Waals surface area contributed by atoms with Gasteiger partial charge in [-0.1, -0.05) is 24.3 Å². The Morgan fingerprint density at radius 1 is 0.957 bits per heavy atom. The highest BCUT2D eigenvalue weighted by atomic mass is 16.6. The molecule has 0 radical (unpaired) electrons. The van der Waals surface area contributed by atoms with E-state index in [4.69, 9.17) is 10.5 Å². The molecule has 2 rings (SSSR count). The Morgan fingerprint density at radius 2 is 1.43 bits per heavy atom.